The predicted octanol–water partition coefficient (Wildman–Crippen LogP) is 4.10. The van der Waals surface area contributed by atoms with Crippen LogP contribution in [0.5, 0.6) is 11.5 Å². The van der Waals surface area contributed by atoms with Gasteiger partial charge in [0.25, 0.3) is 0 Å². The van der Waals surface area contributed by atoms with Gasteiger partial charge in [0, 0.05) is 39.5 Å². The smallest absolute Gasteiger partial charge is 0.246 e. The van der Waals surface area contributed by atoms with Gasteiger partial charge in [-0.05, 0) is 41.5 Å². The van der Waals surface area contributed by atoms with Crippen molar-refractivity contribution < 1.29 is 14.3 Å². The Morgan fingerprint density at radius 1 is 1.07 bits per heavy atom. The monoisotopic (exact) mass is 388 g/mol. The van der Waals surface area contributed by atoms with Crippen LogP contribution in [-0.4, -0.2) is 46.2 Å². The Kier molecular flexibility index (Phi) is 7.13. The van der Waals surface area contributed by atoms with Gasteiger partial charge in [0.15, 0.2) is 11.5 Å². The number of carbonyl (C=O) groups is 1. The van der Waals surface area contributed by atoms with Gasteiger partial charge in [0.2, 0.25) is 5.91 Å². The van der Waals surface area contributed by atoms with E-state index in [-0.39, 0.29) is 5.91 Å². The molecule has 2 aromatic rings. The highest BCUT2D eigenvalue weighted by Crippen LogP contribution is 2.36. The lowest BCUT2D eigenvalue weighted by Crippen LogP contribution is -2.24. The van der Waals surface area contributed by atoms with Crippen LogP contribution >= 0.6 is 11.6 Å². The molecule has 0 bridgehead atoms. The molecule has 2 aromatic carbocycles. The van der Waals surface area contributed by atoms with Gasteiger partial charge in [0.05, 0.1) is 19.2 Å². The highest BCUT2D eigenvalue weighted by molar-refractivity contribution is 6.32. The predicted molar refractivity (Wildman–Crippen MR) is 111 cm³/mol. The maximum absolute atomic E-state index is 12.4. The SMILES string of the molecule is COc1cc(/C=C/C(=O)N(C)Cc2ccc(N(C)C)cc2)cc(Cl)c1OC. The van der Waals surface area contributed by atoms with Crippen molar-refractivity contribution in [1.29, 1.82) is 0 Å². The van der Waals surface area contributed by atoms with E-state index >= 15 is 0 Å². The fourth-order valence-electron chi connectivity index (χ4n) is 2.58. The number of benzene rings is 2. The number of amides is 1. The maximum atomic E-state index is 12.4. The molecular formula is C21H25ClN2O3. The summed E-state index contributed by atoms with van der Waals surface area (Å²) in [6.45, 7) is 0.531. The minimum absolute atomic E-state index is 0.0995. The average Bonchev–Trinajstić information content (AvgIpc) is 2.65. The number of rotatable bonds is 7. The second-order valence-electron chi connectivity index (χ2n) is 6.33. The van der Waals surface area contributed by atoms with E-state index in [2.05, 4.69) is 0 Å². The summed E-state index contributed by atoms with van der Waals surface area (Å²) < 4.78 is 10.5. The number of methoxy groups -OCH3 is 2. The Balaban J connectivity index is 2.06. The molecule has 0 spiro atoms. The van der Waals surface area contributed by atoms with Gasteiger partial charge in [-0.2, -0.15) is 0 Å². The Labute approximate surface area is 165 Å². The molecule has 1 amide bonds. The van der Waals surface area contributed by atoms with E-state index in [9.17, 15) is 4.79 Å². The topological polar surface area (TPSA) is 42.0 Å². The minimum Gasteiger partial charge on any atom is -0.493 e. The number of halogens is 1. The molecule has 5 nitrogen and oxygen atoms in total. The average molecular weight is 389 g/mol. The molecular weight excluding hydrogens is 364 g/mol. The van der Waals surface area contributed by atoms with E-state index in [1.54, 1.807) is 37.3 Å². The molecule has 6 heteroatoms. The van der Waals surface area contributed by atoms with Crippen LogP contribution in [0, 0.1) is 0 Å². The Hall–Kier alpha value is -2.66. The van der Waals surface area contributed by atoms with Gasteiger partial charge < -0.3 is 19.3 Å². The second kappa shape index (κ2) is 9.33. The summed E-state index contributed by atoms with van der Waals surface area (Å²) in [5.74, 6) is 0.893. The third-order valence-corrected chi connectivity index (χ3v) is 4.40. The largest absolute Gasteiger partial charge is 0.493 e. The van der Waals surface area contributed by atoms with Gasteiger partial charge in [0.1, 0.15) is 0 Å². The van der Waals surface area contributed by atoms with E-state index in [4.69, 9.17) is 21.1 Å². The number of carbonyl (C=O) groups excluding carboxylic acids is 1. The fourth-order valence-corrected chi connectivity index (χ4v) is 2.88. The zero-order valence-corrected chi connectivity index (χ0v) is 17.1. The van der Waals surface area contributed by atoms with Crippen LogP contribution in [0.2, 0.25) is 5.02 Å². The molecule has 0 aliphatic rings. The van der Waals surface area contributed by atoms with Gasteiger partial charge in [-0.1, -0.05) is 23.7 Å². The first-order chi connectivity index (χ1) is 12.8. The second-order valence-corrected chi connectivity index (χ2v) is 6.73. The van der Waals surface area contributed by atoms with E-state index < -0.39 is 0 Å². The lowest BCUT2D eigenvalue weighted by Gasteiger charge is -2.17. The molecule has 0 fully saturated rings. The molecule has 0 saturated heterocycles. The lowest BCUT2D eigenvalue weighted by molar-refractivity contribution is -0.125. The van der Waals surface area contributed by atoms with E-state index in [0.717, 1.165) is 16.8 Å². The van der Waals surface area contributed by atoms with E-state index in [1.807, 2.05) is 43.3 Å². The van der Waals surface area contributed by atoms with Crippen LogP contribution < -0.4 is 14.4 Å². The van der Waals surface area contributed by atoms with Crippen molar-refractivity contribution in [1.82, 2.24) is 4.90 Å². The standard InChI is InChI=1S/C21H25ClN2O3/c1-23(2)17-9-6-15(7-10-17)14-24(3)20(25)11-8-16-12-18(22)21(27-5)19(13-16)26-4/h6-13H,14H2,1-5H3/b11-8+. The summed E-state index contributed by atoms with van der Waals surface area (Å²) in [6, 6.07) is 11.6. The van der Waals surface area contributed by atoms with Crippen LogP contribution in [0.4, 0.5) is 5.69 Å². The van der Waals surface area contributed by atoms with Crippen LogP contribution in [0.25, 0.3) is 6.08 Å². The number of anilines is 1. The van der Waals surface area contributed by atoms with Crippen LogP contribution in [-0.2, 0) is 11.3 Å². The summed E-state index contributed by atoms with van der Waals surface area (Å²) in [7, 11) is 8.84. The molecule has 0 aliphatic heterocycles. The van der Waals surface area contributed by atoms with Crippen LogP contribution in [0.3, 0.4) is 0 Å². The Morgan fingerprint density at radius 2 is 1.74 bits per heavy atom. The summed E-state index contributed by atoms with van der Waals surface area (Å²) >= 11 is 6.20. The van der Waals surface area contributed by atoms with Gasteiger partial charge in [-0.25, -0.2) is 0 Å². The van der Waals surface area contributed by atoms with Crippen molar-refractivity contribution in [2.75, 3.05) is 40.3 Å². The normalized spacial score (nSPS) is 10.7. The third-order valence-electron chi connectivity index (χ3n) is 4.12. The molecule has 0 unspecified atom stereocenters. The van der Waals surface area contributed by atoms with Crippen molar-refractivity contribution in [3.63, 3.8) is 0 Å². The maximum Gasteiger partial charge on any atom is 0.246 e. The molecule has 144 valence electrons. The number of likely N-dealkylation sites (N-methyl/N-ethyl adjacent to an activating group) is 1. The minimum atomic E-state index is -0.0995. The summed E-state index contributed by atoms with van der Waals surface area (Å²) in [5, 5.41) is 0.429. The van der Waals surface area contributed by atoms with Gasteiger partial charge in [-0.3, -0.25) is 4.79 Å². The molecule has 0 N–H and O–H groups in total. The van der Waals surface area contributed by atoms with E-state index in [1.165, 1.54) is 13.2 Å². The van der Waals surface area contributed by atoms with Crippen molar-refractivity contribution in [2.45, 2.75) is 6.54 Å². The third kappa shape index (κ3) is 5.41. The number of hydrogen-bond acceptors (Lipinski definition) is 4. The molecule has 0 saturated carbocycles. The zero-order valence-electron chi connectivity index (χ0n) is 16.3. The lowest BCUT2D eigenvalue weighted by atomic mass is 10.1. The number of nitrogens with zero attached hydrogens (tertiary/aromatic N) is 2. The summed E-state index contributed by atoms with van der Waals surface area (Å²) in [6.07, 6.45) is 3.23. The molecule has 0 aromatic heterocycles. The highest BCUT2D eigenvalue weighted by Gasteiger charge is 2.11. The van der Waals surface area contributed by atoms with Crippen molar-refractivity contribution >= 4 is 29.3 Å². The molecule has 0 heterocycles. The number of ether oxygens (including phenoxy) is 2. The molecule has 0 aliphatic carbocycles. The first kappa shape index (κ1) is 20.6. The van der Waals surface area contributed by atoms with Gasteiger partial charge in [-0.15, -0.1) is 0 Å². The summed E-state index contributed by atoms with van der Waals surface area (Å²) in [5.41, 5.74) is 2.95. The quantitative estimate of drug-likeness (QED) is 0.670. The zero-order chi connectivity index (χ0) is 20.0. The highest BCUT2D eigenvalue weighted by atomic mass is 35.5. The van der Waals surface area contributed by atoms with Crippen LogP contribution in [0.1, 0.15) is 11.1 Å². The van der Waals surface area contributed by atoms with Gasteiger partial charge >= 0.3 is 0 Å². The van der Waals surface area contributed by atoms with Crippen LogP contribution in [0.15, 0.2) is 42.5 Å². The Bertz CT molecular complexity index is 817. The summed E-state index contributed by atoms with van der Waals surface area (Å²) in [4.78, 5) is 16.1. The Morgan fingerprint density at radius 3 is 2.30 bits per heavy atom. The molecule has 0 atom stereocenters. The molecule has 0 radical (unpaired) electrons. The molecule has 27 heavy (non-hydrogen) atoms. The van der Waals surface area contributed by atoms with Crippen molar-refractivity contribution in [3.05, 3.63) is 58.6 Å². The van der Waals surface area contributed by atoms with E-state index in [0.29, 0.717) is 23.1 Å². The first-order valence-electron chi connectivity index (χ1n) is 8.46. The van der Waals surface area contributed by atoms with Crippen molar-refractivity contribution in [3.8, 4) is 11.5 Å². The fraction of sp³-hybridized carbons (Fsp3) is 0.286. The molecule has 2 rings (SSSR count). The van der Waals surface area contributed by atoms with Crippen molar-refractivity contribution in [2.24, 2.45) is 0 Å². The first-order valence-corrected chi connectivity index (χ1v) is 8.84. The number of hydrogen-bond donors (Lipinski definition) is 0.